The molecule has 3 N–H and O–H groups in total. The molecule has 1 aromatic heterocycles. The van der Waals surface area contributed by atoms with Crippen molar-refractivity contribution in [1.82, 2.24) is 15.1 Å². The molecule has 0 fully saturated rings. The number of aromatic nitrogens is 2. The first-order chi connectivity index (χ1) is 15.8. The number of nitrogens with zero attached hydrogens (tertiary/aromatic N) is 2. The molecule has 0 saturated carbocycles. The molecular formula is C23H25ClN3O5P. The van der Waals surface area contributed by atoms with Crippen molar-refractivity contribution in [3.63, 3.8) is 0 Å². The van der Waals surface area contributed by atoms with Gasteiger partial charge in [-0.3, -0.25) is 4.79 Å². The number of nitrogens with one attached hydrogen (secondary N) is 1. The molecule has 0 radical (unpaired) electrons. The normalized spacial score (nSPS) is 13.1. The molecule has 0 aliphatic carbocycles. The van der Waals surface area contributed by atoms with Gasteiger partial charge in [0, 0.05) is 30.6 Å². The molecule has 10 heteroatoms. The van der Waals surface area contributed by atoms with Crippen molar-refractivity contribution >= 4 is 32.3 Å². The fourth-order valence-electron chi connectivity index (χ4n) is 3.37. The van der Waals surface area contributed by atoms with Gasteiger partial charge in [0.1, 0.15) is 0 Å². The van der Waals surface area contributed by atoms with Gasteiger partial charge in [0.05, 0.1) is 8.81 Å². The Balaban J connectivity index is 1.75. The summed E-state index contributed by atoms with van der Waals surface area (Å²) in [5, 5.41) is 26.6. The molecular weight excluding hydrogens is 465 g/mol. The Morgan fingerprint density at radius 1 is 1.18 bits per heavy atom. The van der Waals surface area contributed by atoms with Crippen molar-refractivity contribution in [2.75, 3.05) is 6.66 Å². The standard InChI is InChI=1S/C23H25ClN3O5P/c1-27-21(32-33-2)13-19(26-27)22(29)25-18(12-20(28)23(30)31)10-14-6-8-15(9-7-14)16-4-3-5-17(24)11-16/h3-9,11,13,18,20,28,33H,10,12H2,1-2H3,(H,25,29)(H,30,31)/t18-,20-/m1/s1. The van der Waals surface area contributed by atoms with Crippen molar-refractivity contribution in [3.05, 3.63) is 70.9 Å². The lowest BCUT2D eigenvalue weighted by atomic mass is 9.97. The summed E-state index contributed by atoms with van der Waals surface area (Å²) >= 11 is 6.07. The van der Waals surface area contributed by atoms with Crippen LogP contribution < -0.4 is 9.84 Å². The molecule has 33 heavy (non-hydrogen) atoms. The number of aryl methyl sites for hydroxylation is 1. The molecule has 1 amide bonds. The van der Waals surface area contributed by atoms with Crippen LogP contribution in [0.2, 0.25) is 5.02 Å². The SMILES string of the molecule is CPOc1cc(C(=O)N[C@H](Cc2ccc(-c3cccc(Cl)c3)cc2)C[C@@H](O)C(=O)O)nn1C. The quantitative estimate of drug-likeness (QED) is 0.375. The Hall–Kier alpha value is -2.93. The zero-order chi connectivity index (χ0) is 24.0. The van der Waals surface area contributed by atoms with Gasteiger partial charge in [-0.1, -0.05) is 48.0 Å². The van der Waals surface area contributed by atoms with Gasteiger partial charge >= 0.3 is 5.97 Å². The van der Waals surface area contributed by atoms with Crippen molar-refractivity contribution in [3.8, 4) is 17.0 Å². The highest BCUT2D eigenvalue weighted by Gasteiger charge is 2.24. The predicted molar refractivity (Wildman–Crippen MR) is 128 cm³/mol. The van der Waals surface area contributed by atoms with E-state index in [1.54, 1.807) is 13.1 Å². The van der Waals surface area contributed by atoms with Gasteiger partial charge in [0.25, 0.3) is 5.91 Å². The van der Waals surface area contributed by atoms with E-state index in [1.807, 2.05) is 49.1 Å². The second-order valence-electron chi connectivity index (χ2n) is 7.47. The zero-order valence-corrected chi connectivity index (χ0v) is 19.9. The van der Waals surface area contributed by atoms with Crippen LogP contribution >= 0.6 is 20.4 Å². The Labute approximate surface area is 198 Å². The first kappa shape index (κ1) is 24.7. The van der Waals surface area contributed by atoms with E-state index in [2.05, 4.69) is 10.4 Å². The molecule has 0 aliphatic rings. The van der Waals surface area contributed by atoms with Gasteiger partial charge in [0.2, 0.25) is 5.88 Å². The molecule has 1 unspecified atom stereocenters. The number of rotatable bonds is 10. The largest absolute Gasteiger partial charge is 0.479 e. The van der Waals surface area contributed by atoms with Crippen LogP contribution in [0.25, 0.3) is 11.1 Å². The van der Waals surface area contributed by atoms with Crippen LogP contribution in [0.1, 0.15) is 22.5 Å². The highest BCUT2D eigenvalue weighted by atomic mass is 35.5. The summed E-state index contributed by atoms with van der Waals surface area (Å²) in [6.45, 7) is 1.85. The molecule has 2 aromatic carbocycles. The van der Waals surface area contributed by atoms with E-state index in [4.69, 9.17) is 21.2 Å². The molecule has 0 spiro atoms. The van der Waals surface area contributed by atoms with Gasteiger partial charge in [-0.2, -0.15) is 5.10 Å². The van der Waals surface area contributed by atoms with Crippen LogP contribution in [0.3, 0.4) is 0 Å². The Kier molecular flexibility index (Phi) is 8.44. The average molecular weight is 490 g/mol. The van der Waals surface area contributed by atoms with Crippen LogP contribution in [0.4, 0.5) is 0 Å². The van der Waals surface area contributed by atoms with E-state index in [9.17, 15) is 14.7 Å². The molecule has 3 aromatic rings. The third-order valence-electron chi connectivity index (χ3n) is 5.00. The number of hydrogen-bond donors (Lipinski definition) is 3. The van der Waals surface area contributed by atoms with Gasteiger partial charge < -0.3 is 20.1 Å². The highest BCUT2D eigenvalue weighted by Crippen LogP contribution is 2.24. The van der Waals surface area contributed by atoms with Crippen molar-refractivity contribution in [2.24, 2.45) is 7.05 Å². The number of halogens is 1. The monoisotopic (exact) mass is 489 g/mol. The third-order valence-corrected chi connectivity index (χ3v) is 5.65. The number of carbonyl (C=O) groups is 2. The third kappa shape index (κ3) is 6.78. The number of aliphatic hydroxyl groups excluding tert-OH is 1. The molecule has 0 saturated heterocycles. The predicted octanol–water partition coefficient (Wildman–Crippen LogP) is 3.52. The number of aliphatic carboxylic acids is 1. The number of carboxylic acid groups (broad SMARTS) is 1. The van der Waals surface area contributed by atoms with E-state index in [1.165, 1.54) is 10.7 Å². The average Bonchev–Trinajstić information content (AvgIpc) is 3.15. The number of aliphatic hydroxyl groups is 1. The second-order valence-corrected chi connectivity index (χ2v) is 8.52. The summed E-state index contributed by atoms with van der Waals surface area (Å²) in [4.78, 5) is 23.9. The number of hydrogen-bond acceptors (Lipinski definition) is 5. The van der Waals surface area contributed by atoms with E-state index in [0.29, 0.717) is 17.3 Å². The maximum Gasteiger partial charge on any atom is 0.332 e. The second kappa shape index (κ2) is 11.3. The lowest BCUT2D eigenvalue weighted by molar-refractivity contribution is -0.147. The minimum absolute atomic E-state index is 0.149. The zero-order valence-electron chi connectivity index (χ0n) is 18.2. The number of amides is 1. The Bertz CT molecular complexity index is 1120. The fourth-order valence-corrected chi connectivity index (χ4v) is 3.96. The van der Waals surface area contributed by atoms with E-state index in [-0.39, 0.29) is 20.9 Å². The van der Waals surface area contributed by atoms with E-state index >= 15 is 0 Å². The van der Waals surface area contributed by atoms with Gasteiger partial charge in [-0.15, -0.1) is 0 Å². The molecule has 174 valence electrons. The molecule has 8 nitrogen and oxygen atoms in total. The number of carbonyl (C=O) groups excluding carboxylic acids is 1. The molecule has 0 bridgehead atoms. The van der Waals surface area contributed by atoms with Crippen LogP contribution in [0.5, 0.6) is 5.88 Å². The molecule has 3 atom stereocenters. The van der Waals surface area contributed by atoms with Crippen LogP contribution in [-0.4, -0.2) is 50.7 Å². The van der Waals surface area contributed by atoms with Crippen LogP contribution in [-0.2, 0) is 18.3 Å². The van der Waals surface area contributed by atoms with Crippen molar-refractivity contribution in [1.29, 1.82) is 0 Å². The summed E-state index contributed by atoms with van der Waals surface area (Å²) < 4.78 is 6.90. The Morgan fingerprint density at radius 2 is 1.91 bits per heavy atom. The number of benzene rings is 2. The van der Waals surface area contributed by atoms with Crippen molar-refractivity contribution in [2.45, 2.75) is 25.0 Å². The summed E-state index contributed by atoms with van der Waals surface area (Å²) in [7, 11) is 1.86. The minimum atomic E-state index is -1.61. The Morgan fingerprint density at radius 3 is 2.55 bits per heavy atom. The maximum atomic E-state index is 12.8. The summed E-state index contributed by atoms with van der Waals surface area (Å²) in [5.74, 6) is -1.36. The minimum Gasteiger partial charge on any atom is -0.479 e. The summed E-state index contributed by atoms with van der Waals surface area (Å²) in [6, 6.07) is 16.1. The first-order valence-corrected chi connectivity index (χ1v) is 12.0. The van der Waals surface area contributed by atoms with Gasteiger partial charge in [-0.05, 0) is 41.9 Å². The van der Waals surface area contributed by atoms with Crippen LogP contribution in [0, 0.1) is 0 Å². The summed E-state index contributed by atoms with van der Waals surface area (Å²) in [6.07, 6.45) is -1.42. The summed E-state index contributed by atoms with van der Waals surface area (Å²) in [5.41, 5.74) is 2.98. The number of carboxylic acids is 1. The topological polar surface area (TPSA) is 114 Å². The lowest BCUT2D eigenvalue weighted by Gasteiger charge is -2.20. The van der Waals surface area contributed by atoms with Crippen LogP contribution in [0.15, 0.2) is 54.6 Å². The fraction of sp³-hybridized carbons (Fsp3) is 0.261. The van der Waals surface area contributed by atoms with E-state index in [0.717, 1.165) is 16.7 Å². The van der Waals surface area contributed by atoms with E-state index < -0.39 is 24.0 Å². The van der Waals surface area contributed by atoms with Gasteiger partial charge in [0.15, 0.2) is 11.8 Å². The van der Waals surface area contributed by atoms with Gasteiger partial charge in [-0.25, -0.2) is 9.48 Å². The van der Waals surface area contributed by atoms with Crippen molar-refractivity contribution < 1.29 is 24.3 Å². The maximum absolute atomic E-state index is 12.8. The molecule has 1 heterocycles. The molecule has 0 aliphatic heterocycles. The lowest BCUT2D eigenvalue weighted by Crippen LogP contribution is -2.40. The molecule has 3 rings (SSSR count). The smallest absolute Gasteiger partial charge is 0.332 e. The first-order valence-electron chi connectivity index (χ1n) is 10.2. The highest BCUT2D eigenvalue weighted by molar-refractivity contribution is 7.31.